The molecular weight excluding hydrogens is 176 g/mol. The van der Waals surface area contributed by atoms with Crippen molar-refractivity contribution in [2.45, 2.75) is 9.49 Å². The molecule has 0 spiro atoms. The average Bonchev–Trinajstić information content (AvgIpc) is 2.69. The van der Waals surface area contributed by atoms with Gasteiger partial charge in [-0.3, -0.25) is 0 Å². The molecule has 2 fully saturated rings. The molecule has 0 radical (unpaired) electrons. The number of carbonyl (C=O) groups is 2. The molecule has 2 atom stereocenters. The van der Waals surface area contributed by atoms with Crippen molar-refractivity contribution < 1.29 is 14.3 Å². The van der Waals surface area contributed by atoms with E-state index in [-0.39, 0.29) is 0 Å². The largest absolute Gasteiger partial charge is 0.390 e. The lowest BCUT2D eigenvalue weighted by atomic mass is 9.91. The maximum absolute atomic E-state index is 11.2. The number of rotatable bonds is 0. The summed E-state index contributed by atoms with van der Waals surface area (Å²) in [5, 5.41) is 0. The monoisotopic (exact) mass is 180 g/mol. The topological polar surface area (TPSA) is 43.4 Å². The van der Waals surface area contributed by atoms with E-state index in [2.05, 4.69) is 4.74 Å². The third-order valence-corrected chi connectivity index (χ3v) is 4.09. The Morgan fingerprint density at radius 1 is 1.08 bits per heavy atom. The van der Waals surface area contributed by atoms with Crippen LogP contribution in [-0.4, -0.2) is 21.4 Å². The molecule has 12 heavy (non-hydrogen) atoms. The van der Waals surface area contributed by atoms with Crippen molar-refractivity contribution in [3.05, 3.63) is 24.3 Å². The first kappa shape index (κ1) is 6.48. The number of carbonyl (C=O) groups excluding carboxylic acids is 2. The Hall–Kier alpha value is -1.03. The van der Waals surface area contributed by atoms with E-state index in [1.54, 1.807) is 24.3 Å². The zero-order chi connectivity index (χ0) is 8.40. The standard InChI is InChI=1S/C8H4O3S/c9-5-7-3-1-2-4-8(7,12-7)6(10)11-5/h1-4H. The van der Waals surface area contributed by atoms with Crippen LogP contribution >= 0.6 is 11.8 Å². The van der Waals surface area contributed by atoms with Gasteiger partial charge in [0.15, 0.2) is 9.49 Å². The summed E-state index contributed by atoms with van der Waals surface area (Å²) in [4.78, 5) is 22.5. The van der Waals surface area contributed by atoms with Crippen molar-refractivity contribution in [2.75, 3.05) is 0 Å². The van der Waals surface area contributed by atoms with Crippen LogP contribution in [0.15, 0.2) is 24.3 Å². The van der Waals surface area contributed by atoms with Gasteiger partial charge in [-0.15, -0.1) is 11.8 Å². The molecule has 3 nitrogen and oxygen atoms in total. The van der Waals surface area contributed by atoms with E-state index in [0.29, 0.717) is 0 Å². The number of hydrogen-bond donors (Lipinski definition) is 0. The van der Waals surface area contributed by atoms with Gasteiger partial charge >= 0.3 is 11.9 Å². The molecule has 3 rings (SSSR count). The molecule has 2 aliphatic heterocycles. The second-order valence-electron chi connectivity index (χ2n) is 2.97. The molecule has 0 aromatic heterocycles. The van der Waals surface area contributed by atoms with Gasteiger partial charge in [0.1, 0.15) is 0 Å². The highest BCUT2D eigenvalue weighted by molar-refractivity contribution is 8.12. The average molecular weight is 180 g/mol. The molecule has 60 valence electrons. The third-order valence-electron chi connectivity index (χ3n) is 2.40. The Morgan fingerprint density at radius 2 is 1.58 bits per heavy atom. The second-order valence-corrected chi connectivity index (χ2v) is 4.46. The van der Waals surface area contributed by atoms with Crippen LogP contribution in [0.25, 0.3) is 0 Å². The molecule has 0 bridgehead atoms. The van der Waals surface area contributed by atoms with Gasteiger partial charge in [-0.2, -0.15) is 0 Å². The number of thioether (sulfide) groups is 1. The van der Waals surface area contributed by atoms with Crippen LogP contribution in [0.3, 0.4) is 0 Å². The number of cyclic esters (lactones) is 2. The van der Waals surface area contributed by atoms with E-state index in [1.807, 2.05) is 0 Å². The highest BCUT2D eigenvalue weighted by Crippen LogP contribution is 2.70. The maximum atomic E-state index is 11.2. The lowest BCUT2D eigenvalue weighted by Crippen LogP contribution is -2.26. The molecule has 0 aromatic rings. The first-order valence-corrected chi connectivity index (χ1v) is 4.37. The van der Waals surface area contributed by atoms with Crippen LogP contribution in [0.4, 0.5) is 0 Å². The molecule has 4 heteroatoms. The van der Waals surface area contributed by atoms with Crippen molar-refractivity contribution in [1.29, 1.82) is 0 Å². The van der Waals surface area contributed by atoms with Crippen molar-refractivity contribution in [1.82, 2.24) is 0 Å². The molecule has 0 amide bonds. The minimum Gasteiger partial charge on any atom is -0.390 e. The maximum Gasteiger partial charge on any atom is 0.336 e. The van der Waals surface area contributed by atoms with Gasteiger partial charge < -0.3 is 4.74 Å². The summed E-state index contributed by atoms with van der Waals surface area (Å²) in [5.41, 5.74) is 0. The first-order chi connectivity index (χ1) is 5.71. The zero-order valence-electron chi connectivity index (χ0n) is 5.94. The van der Waals surface area contributed by atoms with Gasteiger partial charge in [-0.1, -0.05) is 24.3 Å². The van der Waals surface area contributed by atoms with E-state index < -0.39 is 21.4 Å². The summed E-state index contributed by atoms with van der Waals surface area (Å²) >= 11 is 1.35. The van der Waals surface area contributed by atoms with Gasteiger partial charge in [0, 0.05) is 0 Å². The van der Waals surface area contributed by atoms with Crippen molar-refractivity contribution in [3.8, 4) is 0 Å². The SMILES string of the molecule is O=C1OC(=O)C23C=CC=CC12S3. The quantitative estimate of drug-likeness (QED) is 0.308. The van der Waals surface area contributed by atoms with Crippen LogP contribution < -0.4 is 0 Å². The Kier molecular flexibility index (Phi) is 0.821. The molecule has 2 unspecified atom stereocenters. The van der Waals surface area contributed by atoms with Gasteiger partial charge in [-0.05, 0) is 0 Å². The summed E-state index contributed by atoms with van der Waals surface area (Å²) < 4.78 is 3.16. The van der Waals surface area contributed by atoms with Gasteiger partial charge in [-0.25, -0.2) is 9.59 Å². The zero-order valence-corrected chi connectivity index (χ0v) is 6.76. The summed E-state index contributed by atoms with van der Waals surface area (Å²) in [7, 11) is 0. The van der Waals surface area contributed by atoms with Gasteiger partial charge in [0.05, 0.1) is 0 Å². The van der Waals surface area contributed by atoms with Crippen LogP contribution in [0.1, 0.15) is 0 Å². The Balaban J connectivity index is 2.24. The van der Waals surface area contributed by atoms with Crippen molar-refractivity contribution in [3.63, 3.8) is 0 Å². The minimum atomic E-state index is -0.696. The molecule has 3 aliphatic rings. The van der Waals surface area contributed by atoms with E-state index in [0.717, 1.165) is 0 Å². The fraction of sp³-hybridized carbons (Fsp3) is 0.250. The second kappa shape index (κ2) is 1.52. The first-order valence-electron chi connectivity index (χ1n) is 3.55. The lowest BCUT2D eigenvalue weighted by Gasteiger charge is -2.02. The van der Waals surface area contributed by atoms with Gasteiger partial charge in [0.25, 0.3) is 0 Å². The number of hydrogen-bond acceptors (Lipinski definition) is 4. The minimum absolute atomic E-state index is 0.418. The molecule has 2 saturated heterocycles. The summed E-state index contributed by atoms with van der Waals surface area (Å²) in [6.45, 7) is 0. The highest BCUT2D eigenvalue weighted by Gasteiger charge is 2.82. The lowest BCUT2D eigenvalue weighted by molar-refractivity contribution is -0.153. The van der Waals surface area contributed by atoms with Crippen LogP contribution in [0, 0.1) is 0 Å². The van der Waals surface area contributed by atoms with Crippen LogP contribution in [0.5, 0.6) is 0 Å². The predicted octanol–water partition coefficient (Wildman–Crippen LogP) is 0.420. The van der Waals surface area contributed by atoms with Crippen LogP contribution in [-0.2, 0) is 14.3 Å². The Morgan fingerprint density at radius 3 is 2.08 bits per heavy atom. The van der Waals surface area contributed by atoms with E-state index in [1.165, 1.54) is 11.8 Å². The fourth-order valence-electron chi connectivity index (χ4n) is 1.68. The predicted molar refractivity (Wildman–Crippen MR) is 42.4 cm³/mol. The van der Waals surface area contributed by atoms with Gasteiger partial charge in [0.2, 0.25) is 0 Å². The smallest absolute Gasteiger partial charge is 0.336 e. The summed E-state index contributed by atoms with van der Waals surface area (Å²) in [6.07, 6.45) is 7.03. The van der Waals surface area contributed by atoms with Crippen LogP contribution in [0.2, 0.25) is 0 Å². The third kappa shape index (κ3) is 0.417. The highest BCUT2D eigenvalue weighted by atomic mass is 32.2. The molecule has 2 heterocycles. The Labute approximate surface area is 72.5 Å². The normalized spacial score (nSPS) is 47.0. The number of allylic oxidation sites excluding steroid dienone is 2. The molecule has 1 aliphatic carbocycles. The van der Waals surface area contributed by atoms with Crippen molar-refractivity contribution in [2.24, 2.45) is 0 Å². The Bertz CT molecular complexity index is 336. The number of esters is 2. The summed E-state index contributed by atoms with van der Waals surface area (Å²) in [6, 6.07) is 0. The molecule has 0 N–H and O–H groups in total. The molecular formula is C8H4O3S. The number of ether oxygens (including phenoxy) is 1. The van der Waals surface area contributed by atoms with E-state index >= 15 is 0 Å². The van der Waals surface area contributed by atoms with E-state index in [4.69, 9.17) is 0 Å². The molecule has 0 aromatic carbocycles. The molecule has 0 saturated carbocycles. The van der Waals surface area contributed by atoms with Crippen molar-refractivity contribution >= 4 is 23.7 Å². The summed E-state index contributed by atoms with van der Waals surface area (Å²) in [5.74, 6) is -0.837. The fourth-order valence-corrected chi connectivity index (χ4v) is 2.99. The van der Waals surface area contributed by atoms with E-state index in [9.17, 15) is 9.59 Å².